The average Bonchev–Trinajstić information content (AvgIpc) is 2.56. The minimum absolute atomic E-state index is 0.0431. The number of aryl methyl sites for hydroxylation is 3. The van der Waals surface area contributed by atoms with E-state index in [1.807, 2.05) is 33.8 Å². The Balaban J connectivity index is 1.91. The van der Waals surface area contributed by atoms with Crippen LogP contribution in [0.25, 0.3) is 0 Å². The molecule has 2 rings (SSSR count). The van der Waals surface area contributed by atoms with Gasteiger partial charge in [0.15, 0.2) is 0 Å². The van der Waals surface area contributed by atoms with E-state index in [9.17, 15) is 8.42 Å². The summed E-state index contributed by atoms with van der Waals surface area (Å²) in [6.07, 6.45) is 0.0431. The van der Waals surface area contributed by atoms with Crippen molar-refractivity contribution in [2.24, 2.45) is 0 Å². The molecule has 0 saturated carbocycles. The number of sulfonamides is 1. The molecule has 0 aromatic heterocycles. The van der Waals surface area contributed by atoms with E-state index in [4.69, 9.17) is 9.47 Å². The molecule has 0 atom stereocenters. The van der Waals surface area contributed by atoms with Crippen molar-refractivity contribution in [2.75, 3.05) is 13.2 Å². The molecule has 1 N–H and O–H groups in total. The fourth-order valence-electron chi connectivity index (χ4n) is 2.48. The van der Waals surface area contributed by atoms with Crippen molar-refractivity contribution in [3.63, 3.8) is 0 Å². The highest BCUT2D eigenvalue weighted by molar-refractivity contribution is 7.89. The van der Waals surface area contributed by atoms with Crippen molar-refractivity contribution in [3.8, 4) is 11.5 Å². The monoisotopic (exact) mass is 377 g/mol. The van der Waals surface area contributed by atoms with Crippen LogP contribution in [0.1, 0.15) is 30.5 Å². The minimum Gasteiger partial charge on any atom is -0.492 e. The SMILES string of the molecule is Cc1cc(C)c(OCCNS(=O)(=O)c2ccc(OC(C)C)cc2)cc1C. The zero-order valence-corrected chi connectivity index (χ0v) is 16.8. The molecular weight excluding hydrogens is 350 g/mol. The van der Waals surface area contributed by atoms with Crippen molar-refractivity contribution in [2.45, 2.75) is 45.6 Å². The molecule has 2 aromatic rings. The van der Waals surface area contributed by atoms with Crippen LogP contribution in [-0.2, 0) is 10.0 Å². The number of ether oxygens (including phenoxy) is 2. The lowest BCUT2D eigenvalue weighted by Crippen LogP contribution is -2.28. The Morgan fingerprint density at radius 3 is 2.19 bits per heavy atom. The molecule has 0 heterocycles. The Bertz CT molecular complexity index is 843. The van der Waals surface area contributed by atoms with Crippen molar-refractivity contribution >= 4 is 10.0 Å². The van der Waals surface area contributed by atoms with Crippen molar-refractivity contribution in [3.05, 3.63) is 53.1 Å². The van der Waals surface area contributed by atoms with Gasteiger partial charge in [0.2, 0.25) is 10.0 Å². The van der Waals surface area contributed by atoms with Crippen LogP contribution in [0.5, 0.6) is 11.5 Å². The molecule has 142 valence electrons. The first-order valence-corrected chi connectivity index (χ1v) is 10.1. The molecule has 0 aliphatic rings. The van der Waals surface area contributed by atoms with Gasteiger partial charge >= 0.3 is 0 Å². The number of hydrogen-bond acceptors (Lipinski definition) is 4. The molecule has 0 spiro atoms. The van der Waals surface area contributed by atoms with Crippen LogP contribution in [0.2, 0.25) is 0 Å². The maximum absolute atomic E-state index is 12.3. The molecule has 5 nitrogen and oxygen atoms in total. The van der Waals surface area contributed by atoms with Gasteiger partial charge in [0, 0.05) is 6.54 Å². The average molecular weight is 378 g/mol. The summed E-state index contributed by atoms with van der Waals surface area (Å²) in [7, 11) is -3.57. The van der Waals surface area contributed by atoms with Crippen LogP contribution in [0.15, 0.2) is 41.3 Å². The highest BCUT2D eigenvalue weighted by Crippen LogP contribution is 2.22. The topological polar surface area (TPSA) is 64.6 Å². The number of hydrogen-bond donors (Lipinski definition) is 1. The van der Waals surface area contributed by atoms with E-state index in [1.165, 1.54) is 17.7 Å². The molecule has 0 radical (unpaired) electrons. The van der Waals surface area contributed by atoms with Crippen LogP contribution in [0, 0.1) is 20.8 Å². The summed E-state index contributed by atoms with van der Waals surface area (Å²) in [5.41, 5.74) is 3.40. The molecule has 0 aliphatic carbocycles. The van der Waals surface area contributed by atoms with Gasteiger partial charge in [-0.05, 0) is 81.6 Å². The third-order valence-electron chi connectivity index (χ3n) is 3.95. The number of rotatable bonds is 8. The minimum atomic E-state index is -3.57. The lowest BCUT2D eigenvalue weighted by molar-refractivity contribution is 0.242. The summed E-state index contributed by atoms with van der Waals surface area (Å²) >= 11 is 0. The Hall–Kier alpha value is -2.05. The van der Waals surface area contributed by atoms with Crippen LogP contribution in [0.4, 0.5) is 0 Å². The standard InChI is InChI=1S/C20H27NO4S/c1-14(2)25-18-6-8-19(9-7-18)26(22,23)21-10-11-24-20-13-16(4)15(3)12-17(20)5/h6-9,12-14,21H,10-11H2,1-5H3. The Morgan fingerprint density at radius 1 is 0.962 bits per heavy atom. The van der Waals surface area contributed by atoms with Crippen LogP contribution >= 0.6 is 0 Å². The molecule has 0 unspecified atom stereocenters. The van der Waals surface area contributed by atoms with E-state index in [2.05, 4.69) is 17.7 Å². The molecule has 2 aromatic carbocycles. The second-order valence-electron chi connectivity index (χ2n) is 6.59. The van der Waals surface area contributed by atoms with Crippen LogP contribution in [-0.4, -0.2) is 27.7 Å². The molecule has 0 saturated heterocycles. The summed E-state index contributed by atoms with van der Waals surface area (Å²) < 4.78 is 38.5. The number of nitrogens with one attached hydrogen (secondary N) is 1. The fourth-order valence-corrected chi connectivity index (χ4v) is 3.49. The zero-order chi connectivity index (χ0) is 19.3. The molecule has 0 fully saturated rings. The zero-order valence-electron chi connectivity index (χ0n) is 16.0. The molecule has 6 heteroatoms. The first-order chi connectivity index (χ1) is 12.2. The van der Waals surface area contributed by atoms with Crippen LogP contribution < -0.4 is 14.2 Å². The smallest absolute Gasteiger partial charge is 0.240 e. The van der Waals surface area contributed by atoms with E-state index in [-0.39, 0.29) is 24.2 Å². The summed E-state index contributed by atoms with van der Waals surface area (Å²) in [4.78, 5) is 0.205. The van der Waals surface area contributed by atoms with Gasteiger partial charge in [-0.15, -0.1) is 0 Å². The normalized spacial score (nSPS) is 11.6. The summed E-state index contributed by atoms with van der Waals surface area (Å²) in [5, 5.41) is 0. The molecular formula is C20H27NO4S. The predicted molar refractivity (Wildman–Crippen MR) is 104 cm³/mol. The quantitative estimate of drug-likeness (QED) is 0.712. The largest absolute Gasteiger partial charge is 0.492 e. The van der Waals surface area contributed by atoms with Crippen molar-refractivity contribution < 1.29 is 17.9 Å². The second kappa shape index (κ2) is 8.56. The van der Waals surface area contributed by atoms with Crippen molar-refractivity contribution in [1.29, 1.82) is 0 Å². The highest BCUT2D eigenvalue weighted by atomic mass is 32.2. The van der Waals surface area contributed by atoms with E-state index < -0.39 is 10.0 Å². The van der Waals surface area contributed by atoms with Gasteiger partial charge < -0.3 is 9.47 Å². The highest BCUT2D eigenvalue weighted by Gasteiger charge is 2.14. The lowest BCUT2D eigenvalue weighted by atomic mass is 10.1. The summed E-state index contributed by atoms with van der Waals surface area (Å²) in [5.74, 6) is 1.43. The summed E-state index contributed by atoms with van der Waals surface area (Å²) in [6, 6.07) is 10.4. The number of benzene rings is 2. The molecule has 26 heavy (non-hydrogen) atoms. The third-order valence-corrected chi connectivity index (χ3v) is 5.43. The maximum atomic E-state index is 12.3. The molecule has 0 bridgehead atoms. The van der Waals surface area contributed by atoms with Crippen molar-refractivity contribution in [1.82, 2.24) is 4.72 Å². The molecule has 0 amide bonds. The van der Waals surface area contributed by atoms with Gasteiger partial charge in [0.05, 0.1) is 11.0 Å². The Labute approximate surface area is 156 Å². The fraction of sp³-hybridized carbons (Fsp3) is 0.400. The van der Waals surface area contributed by atoms with Gasteiger partial charge in [0.25, 0.3) is 0 Å². The van der Waals surface area contributed by atoms with E-state index >= 15 is 0 Å². The van der Waals surface area contributed by atoms with Crippen LogP contribution in [0.3, 0.4) is 0 Å². The van der Waals surface area contributed by atoms with E-state index in [1.54, 1.807) is 12.1 Å². The van der Waals surface area contributed by atoms with Gasteiger partial charge in [0.1, 0.15) is 18.1 Å². The second-order valence-corrected chi connectivity index (χ2v) is 8.35. The predicted octanol–water partition coefficient (Wildman–Crippen LogP) is 3.76. The van der Waals surface area contributed by atoms with Gasteiger partial charge in [-0.1, -0.05) is 6.07 Å². The summed E-state index contributed by atoms with van der Waals surface area (Å²) in [6.45, 7) is 10.4. The van der Waals surface area contributed by atoms with Gasteiger partial charge in [-0.3, -0.25) is 0 Å². The van der Waals surface area contributed by atoms with E-state index in [0.717, 1.165) is 16.9 Å². The first kappa shape index (κ1) is 20.3. The third kappa shape index (κ3) is 5.47. The van der Waals surface area contributed by atoms with Gasteiger partial charge in [-0.25, -0.2) is 13.1 Å². The Kier molecular flexibility index (Phi) is 6.67. The first-order valence-electron chi connectivity index (χ1n) is 8.66. The van der Waals surface area contributed by atoms with Gasteiger partial charge in [-0.2, -0.15) is 0 Å². The lowest BCUT2D eigenvalue weighted by Gasteiger charge is -2.13. The maximum Gasteiger partial charge on any atom is 0.240 e. The van der Waals surface area contributed by atoms with E-state index in [0.29, 0.717) is 5.75 Å². The molecule has 0 aliphatic heterocycles. The Morgan fingerprint density at radius 2 is 1.58 bits per heavy atom.